The van der Waals surface area contributed by atoms with Gasteiger partial charge < -0.3 is 5.32 Å². The van der Waals surface area contributed by atoms with Crippen molar-refractivity contribution in [2.75, 3.05) is 6.54 Å². The predicted octanol–water partition coefficient (Wildman–Crippen LogP) is 4.18. The zero-order valence-corrected chi connectivity index (χ0v) is 14.2. The maximum atomic E-state index is 6.31. The van der Waals surface area contributed by atoms with Crippen molar-refractivity contribution in [2.45, 2.75) is 32.7 Å². The first kappa shape index (κ1) is 16.3. The van der Waals surface area contributed by atoms with Crippen LogP contribution >= 0.6 is 23.2 Å². The van der Waals surface area contributed by atoms with E-state index >= 15 is 0 Å². The zero-order valence-electron chi connectivity index (χ0n) is 12.7. The molecule has 1 heterocycles. The number of aromatic nitrogens is 2. The minimum Gasteiger partial charge on any atom is -0.310 e. The minimum absolute atomic E-state index is 0.163. The van der Waals surface area contributed by atoms with Crippen LogP contribution in [0.15, 0.2) is 24.4 Å². The number of nitrogens with zero attached hydrogens (tertiary/aromatic N) is 2. The molecule has 0 spiro atoms. The molecule has 0 fully saturated rings. The molecule has 0 radical (unpaired) electrons. The van der Waals surface area contributed by atoms with Gasteiger partial charge in [-0.3, -0.25) is 4.68 Å². The lowest BCUT2D eigenvalue weighted by Crippen LogP contribution is -2.24. The van der Waals surface area contributed by atoms with Gasteiger partial charge in [0.1, 0.15) is 0 Å². The lowest BCUT2D eigenvalue weighted by atomic mass is 9.98. The highest BCUT2D eigenvalue weighted by molar-refractivity contribution is 6.36. The highest BCUT2D eigenvalue weighted by Gasteiger charge is 2.19. The standard InChI is InChI=1S/C16H21Cl2N3/c1-4-15-12(10-21(3)20-15)16(19-5-2)9-11-13(17)7-6-8-14(11)18/h6-8,10,16,19H,4-5,9H2,1-3H3. The van der Waals surface area contributed by atoms with Crippen LogP contribution in [0.25, 0.3) is 0 Å². The lowest BCUT2D eigenvalue weighted by molar-refractivity contribution is 0.546. The third kappa shape index (κ3) is 3.79. The smallest absolute Gasteiger partial charge is 0.0669 e. The van der Waals surface area contributed by atoms with Crippen LogP contribution in [-0.4, -0.2) is 16.3 Å². The molecule has 1 unspecified atom stereocenters. The molecule has 5 heteroatoms. The van der Waals surface area contributed by atoms with Crippen LogP contribution in [0.5, 0.6) is 0 Å². The molecule has 3 nitrogen and oxygen atoms in total. The fraction of sp³-hybridized carbons (Fsp3) is 0.438. The van der Waals surface area contributed by atoms with Gasteiger partial charge in [-0.25, -0.2) is 0 Å². The van der Waals surface area contributed by atoms with Gasteiger partial charge in [0.25, 0.3) is 0 Å². The summed E-state index contributed by atoms with van der Waals surface area (Å²) in [7, 11) is 1.95. The van der Waals surface area contributed by atoms with Gasteiger partial charge in [-0.05, 0) is 37.1 Å². The van der Waals surface area contributed by atoms with E-state index in [9.17, 15) is 0 Å². The van der Waals surface area contributed by atoms with E-state index in [0.717, 1.165) is 30.6 Å². The van der Waals surface area contributed by atoms with E-state index in [1.54, 1.807) is 0 Å². The Hall–Kier alpha value is -1.03. The van der Waals surface area contributed by atoms with Crippen molar-refractivity contribution in [3.05, 3.63) is 51.3 Å². The van der Waals surface area contributed by atoms with Gasteiger partial charge in [-0.1, -0.05) is 43.1 Å². The highest BCUT2D eigenvalue weighted by Crippen LogP contribution is 2.30. The topological polar surface area (TPSA) is 29.9 Å². The number of rotatable bonds is 6. The van der Waals surface area contributed by atoms with Gasteiger partial charge in [0.2, 0.25) is 0 Å². The third-order valence-corrected chi connectivity index (χ3v) is 4.28. The molecule has 2 rings (SSSR count). The second kappa shape index (κ2) is 7.30. The fourth-order valence-electron chi connectivity index (χ4n) is 2.59. The normalized spacial score (nSPS) is 12.6. The monoisotopic (exact) mass is 325 g/mol. The number of benzene rings is 1. The molecule has 0 amide bonds. The summed E-state index contributed by atoms with van der Waals surface area (Å²) < 4.78 is 1.87. The van der Waals surface area contributed by atoms with Crippen molar-refractivity contribution in [1.82, 2.24) is 15.1 Å². The molecule has 114 valence electrons. The van der Waals surface area contributed by atoms with Crippen LogP contribution in [0.1, 0.15) is 36.7 Å². The Balaban J connectivity index is 2.35. The number of likely N-dealkylation sites (N-methyl/N-ethyl adjacent to an activating group) is 1. The largest absolute Gasteiger partial charge is 0.310 e. The van der Waals surface area contributed by atoms with Gasteiger partial charge in [0.05, 0.1) is 5.69 Å². The van der Waals surface area contributed by atoms with E-state index in [0.29, 0.717) is 10.0 Å². The Morgan fingerprint density at radius 2 is 1.90 bits per heavy atom. The molecule has 0 aliphatic rings. The van der Waals surface area contributed by atoms with Crippen LogP contribution in [0, 0.1) is 0 Å². The summed E-state index contributed by atoms with van der Waals surface area (Å²) in [6.07, 6.45) is 3.75. The summed E-state index contributed by atoms with van der Waals surface area (Å²) >= 11 is 12.6. The number of hydrogen-bond acceptors (Lipinski definition) is 2. The van der Waals surface area contributed by atoms with Crippen molar-refractivity contribution < 1.29 is 0 Å². The van der Waals surface area contributed by atoms with E-state index in [1.165, 1.54) is 5.56 Å². The zero-order chi connectivity index (χ0) is 15.4. The fourth-order valence-corrected chi connectivity index (χ4v) is 3.14. The Kier molecular flexibility index (Phi) is 5.68. The van der Waals surface area contributed by atoms with Crippen molar-refractivity contribution >= 4 is 23.2 Å². The second-order valence-electron chi connectivity index (χ2n) is 5.07. The van der Waals surface area contributed by atoms with Crippen LogP contribution in [-0.2, 0) is 19.9 Å². The summed E-state index contributed by atoms with van der Waals surface area (Å²) in [5, 5.41) is 9.48. The molecule has 1 atom stereocenters. The molecule has 0 aliphatic carbocycles. The maximum absolute atomic E-state index is 6.31. The molecule has 0 bridgehead atoms. The molecule has 1 aromatic heterocycles. The number of nitrogens with one attached hydrogen (secondary N) is 1. The molecule has 0 saturated carbocycles. The highest BCUT2D eigenvalue weighted by atomic mass is 35.5. The van der Waals surface area contributed by atoms with Crippen LogP contribution in [0.3, 0.4) is 0 Å². The molecule has 1 N–H and O–H groups in total. The predicted molar refractivity (Wildman–Crippen MR) is 89.2 cm³/mol. The first-order valence-corrected chi connectivity index (χ1v) is 8.01. The quantitative estimate of drug-likeness (QED) is 0.863. The Morgan fingerprint density at radius 3 is 2.48 bits per heavy atom. The third-order valence-electron chi connectivity index (χ3n) is 3.57. The molecule has 21 heavy (non-hydrogen) atoms. The minimum atomic E-state index is 0.163. The molecular formula is C16H21Cl2N3. The Morgan fingerprint density at radius 1 is 1.24 bits per heavy atom. The number of aryl methyl sites for hydroxylation is 2. The van der Waals surface area contributed by atoms with Crippen molar-refractivity contribution in [3.63, 3.8) is 0 Å². The van der Waals surface area contributed by atoms with E-state index in [2.05, 4.69) is 30.5 Å². The number of hydrogen-bond donors (Lipinski definition) is 1. The first-order valence-electron chi connectivity index (χ1n) is 7.25. The summed E-state index contributed by atoms with van der Waals surface area (Å²) in [4.78, 5) is 0. The molecular weight excluding hydrogens is 305 g/mol. The van der Waals surface area contributed by atoms with Gasteiger partial charge in [0.15, 0.2) is 0 Å². The Labute approximate surface area is 136 Å². The van der Waals surface area contributed by atoms with Crippen molar-refractivity contribution in [3.8, 4) is 0 Å². The Bertz CT molecular complexity index is 587. The molecule has 2 aromatic rings. The van der Waals surface area contributed by atoms with Gasteiger partial charge in [0, 0.05) is 34.9 Å². The van der Waals surface area contributed by atoms with Crippen LogP contribution in [0.4, 0.5) is 0 Å². The average molecular weight is 326 g/mol. The van der Waals surface area contributed by atoms with E-state index < -0.39 is 0 Å². The number of halogens is 2. The van der Waals surface area contributed by atoms with Crippen molar-refractivity contribution in [1.29, 1.82) is 0 Å². The summed E-state index contributed by atoms with van der Waals surface area (Å²) in [5.74, 6) is 0. The van der Waals surface area contributed by atoms with E-state index in [1.807, 2.05) is 29.9 Å². The van der Waals surface area contributed by atoms with E-state index in [4.69, 9.17) is 23.2 Å². The van der Waals surface area contributed by atoms with Gasteiger partial charge in [-0.2, -0.15) is 5.10 Å². The van der Waals surface area contributed by atoms with Crippen molar-refractivity contribution in [2.24, 2.45) is 7.05 Å². The molecule has 0 saturated heterocycles. The SMILES string of the molecule is CCNC(Cc1c(Cl)cccc1Cl)c1cn(C)nc1CC. The van der Waals surface area contributed by atoms with Gasteiger partial charge in [-0.15, -0.1) is 0 Å². The molecule has 1 aromatic carbocycles. The van der Waals surface area contributed by atoms with Gasteiger partial charge >= 0.3 is 0 Å². The summed E-state index contributed by atoms with van der Waals surface area (Å²) in [5.41, 5.74) is 3.32. The first-order chi connectivity index (χ1) is 10.1. The summed E-state index contributed by atoms with van der Waals surface area (Å²) in [6, 6.07) is 5.81. The maximum Gasteiger partial charge on any atom is 0.0669 e. The second-order valence-corrected chi connectivity index (χ2v) is 5.89. The van der Waals surface area contributed by atoms with E-state index in [-0.39, 0.29) is 6.04 Å². The lowest BCUT2D eigenvalue weighted by Gasteiger charge is -2.19. The molecule has 0 aliphatic heterocycles. The van der Waals surface area contributed by atoms with Crippen LogP contribution < -0.4 is 5.32 Å². The summed E-state index contributed by atoms with van der Waals surface area (Å²) in [6.45, 7) is 5.10. The van der Waals surface area contributed by atoms with Crippen LogP contribution in [0.2, 0.25) is 10.0 Å². The average Bonchev–Trinajstić information content (AvgIpc) is 2.83.